The Morgan fingerprint density at radius 1 is 1.12 bits per heavy atom. The molecule has 3 heterocycles. The van der Waals surface area contributed by atoms with Gasteiger partial charge in [0, 0.05) is 11.8 Å². The highest BCUT2D eigenvalue weighted by atomic mass is 15.4. The van der Waals surface area contributed by atoms with E-state index in [0.29, 0.717) is 12.3 Å². The number of fused-ring (bicyclic) bond motifs is 1. The first-order chi connectivity index (χ1) is 12.3. The van der Waals surface area contributed by atoms with Crippen molar-refractivity contribution in [1.82, 2.24) is 34.3 Å². The van der Waals surface area contributed by atoms with E-state index in [1.165, 1.54) is 6.33 Å². The number of hydrogen-bond donors (Lipinski definition) is 1. The van der Waals surface area contributed by atoms with Crippen LogP contribution >= 0.6 is 0 Å². The number of rotatable bonds is 6. The lowest BCUT2D eigenvalue weighted by Crippen LogP contribution is -2.20. The van der Waals surface area contributed by atoms with Crippen LogP contribution < -0.4 is 5.32 Å². The summed E-state index contributed by atoms with van der Waals surface area (Å²) in [7, 11) is 0. The third-order valence-electron chi connectivity index (χ3n) is 4.03. The quantitative estimate of drug-likeness (QED) is 0.581. The van der Waals surface area contributed by atoms with Crippen molar-refractivity contribution in [3.05, 3.63) is 66.6 Å². The molecule has 0 radical (unpaired) electrons. The van der Waals surface area contributed by atoms with Gasteiger partial charge in [-0.1, -0.05) is 37.3 Å². The van der Waals surface area contributed by atoms with Gasteiger partial charge >= 0.3 is 0 Å². The van der Waals surface area contributed by atoms with Crippen molar-refractivity contribution < 1.29 is 0 Å². The summed E-state index contributed by atoms with van der Waals surface area (Å²) in [4.78, 5) is 12.7. The summed E-state index contributed by atoms with van der Waals surface area (Å²) in [5.74, 6) is 1.45. The third-order valence-corrected chi connectivity index (χ3v) is 4.03. The van der Waals surface area contributed by atoms with Crippen LogP contribution in [0.1, 0.15) is 24.2 Å². The molecule has 0 saturated heterocycles. The highest BCUT2D eigenvalue weighted by molar-refractivity contribution is 5.46. The maximum Gasteiger partial charge on any atom is 0.254 e. The van der Waals surface area contributed by atoms with Crippen LogP contribution in [0.3, 0.4) is 0 Å². The van der Waals surface area contributed by atoms with Gasteiger partial charge in [0.25, 0.3) is 5.78 Å². The highest BCUT2D eigenvalue weighted by Gasteiger charge is 2.16. The maximum absolute atomic E-state index is 4.49. The summed E-state index contributed by atoms with van der Waals surface area (Å²) in [6.07, 6.45) is 5.60. The predicted molar refractivity (Wildman–Crippen MR) is 93.0 cm³/mol. The first kappa shape index (κ1) is 15.3. The second-order valence-electron chi connectivity index (χ2n) is 5.68. The molecule has 0 amide bonds. The summed E-state index contributed by atoms with van der Waals surface area (Å²) in [6, 6.07) is 12.3. The van der Waals surface area contributed by atoms with Gasteiger partial charge in [0.1, 0.15) is 24.8 Å². The van der Waals surface area contributed by atoms with Gasteiger partial charge in [-0.3, -0.25) is 4.68 Å². The summed E-state index contributed by atoms with van der Waals surface area (Å²) in [5, 5.41) is 12.1. The lowest BCUT2D eigenvalue weighted by atomic mass is 10.1. The van der Waals surface area contributed by atoms with Gasteiger partial charge in [-0.25, -0.2) is 9.97 Å². The average Bonchev–Trinajstić information content (AvgIpc) is 3.33. The Morgan fingerprint density at radius 3 is 2.76 bits per heavy atom. The standard InChI is InChI=1S/C17H18N8/c1-2-14-8-16(25-17(22-14)19-11-21-25)23-15(9-24-12-18-10-20-24)13-6-4-3-5-7-13/h3-8,10-12,15,23H,2,9H2,1H3/t15-/m1/s1. The van der Waals surface area contributed by atoms with Crippen molar-refractivity contribution in [1.29, 1.82) is 0 Å². The Morgan fingerprint density at radius 2 is 2.00 bits per heavy atom. The average molecular weight is 334 g/mol. The molecule has 3 aromatic heterocycles. The van der Waals surface area contributed by atoms with Gasteiger partial charge in [0.15, 0.2) is 0 Å². The van der Waals surface area contributed by atoms with Crippen LogP contribution in [0.2, 0.25) is 0 Å². The molecular weight excluding hydrogens is 316 g/mol. The fourth-order valence-electron chi connectivity index (χ4n) is 2.76. The van der Waals surface area contributed by atoms with Crippen LogP contribution in [0.25, 0.3) is 5.78 Å². The van der Waals surface area contributed by atoms with E-state index in [1.54, 1.807) is 17.2 Å². The normalized spacial score (nSPS) is 12.4. The number of anilines is 1. The second kappa shape index (κ2) is 6.68. The Balaban J connectivity index is 1.72. The van der Waals surface area contributed by atoms with E-state index in [4.69, 9.17) is 0 Å². The summed E-state index contributed by atoms with van der Waals surface area (Å²) in [5.41, 5.74) is 2.12. The molecule has 0 fully saturated rings. The van der Waals surface area contributed by atoms with E-state index in [0.717, 1.165) is 23.5 Å². The Bertz CT molecular complexity index is 945. The first-order valence-electron chi connectivity index (χ1n) is 8.17. The maximum atomic E-state index is 4.49. The van der Waals surface area contributed by atoms with Crippen LogP contribution in [0, 0.1) is 0 Å². The smallest absolute Gasteiger partial charge is 0.254 e. The van der Waals surface area contributed by atoms with Crippen molar-refractivity contribution in [2.45, 2.75) is 25.9 Å². The Hall–Kier alpha value is -3.29. The van der Waals surface area contributed by atoms with Crippen molar-refractivity contribution in [3.8, 4) is 0 Å². The van der Waals surface area contributed by atoms with Gasteiger partial charge in [-0.05, 0) is 12.0 Å². The molecule has 1 atom stereocenters. The highest BCUT2D eigenvalue weighted by Crippen LogP contribution is 2.22. The van der Waals surface area contributed by atoms with Crippen LogP contribution in [0.5, 0.6) is 0 Å². The zero-order valence-corrected chi connectivity index (χ0v) is 13.8. The van der Waals surface area contributed by atoms with Crippen LogP contribution in [0.4, 0.5) is 5.82 Å². The number of hydrogen-bond acceptors (Lipinski definition) is 6. The molecule has 8 heteroatoms. The molecule has 25 heavy (non-hydrogen) atoms. The molecule has 4 aromatic rings. The molecular formula is C17H18N8. The molecule has 0 aliphatic rings. The van der Waals surface area contributed by atoms with Crippen molar-refractivity contribution in [2.24, 2.45) is 0 Å². The monoisotopic (exact) mass is 334 g/mol. The van der Waals surface area contributed by atoms with Crippen molar-refractivity contribution in [3.63, 3.8) is 0 Å². The molecule has 126 valence electrons. The molecule has 1 aromatic carbocycles. The zero-order valence-electron chi connectivity index (χ0n) is 13.8. The molecule has 8 nitrogen and oxygen atoms in total. The lowest BCUT2D eigenvalue weighted by molar-refractivity contribution is 0.547. The van der Waals surface area contributed by atoms with E-state index in [1.807, 2.05) is 28.9 Å². The van der Waals surface area contributed by atoms with E-state index in [2.05, 4.69) is 49.5 Å². The molecule has 1 N–H and O–H groups in total. The fourth-order valence-corrected chi connectivity index (χ4v) is 2.76. The molecule has 0 spiro atoms. The lowest BCUT2D eigenvalue weighted by Gasteiger charge is -2.21. The number of nitrogens with one attached hydrogen (secondary N) is 1. The van der Waals surface area contributed by atoms with Crippen LogP contribution in [0.15, 0.2) is 55.4 Å². The molecule has 0 bridgehead atoms. The largest absolute Gasteiger partial charge is 0.361 e. The minimum absolute atomic E-state index is 0.00223. The second-order valence-corrected chi connectivity index (χ2v) is 5.68. The number of benzene rings is 1. The summed E-state index contributed by atoms with van der Waals surface area (Å²) >= 11 is 0. The van der Waals surface area contributed by atoms with Crippen molar-refractivity contribution >= 4 is 11.6 Å². The molecule has 0 saturated carbocycles. The number of aromatic nitrogens is 7. The minimum atomic E-state index is 0.00223. The zero-order chi connectivity index (χ0) is 17.1. The minimum Gasteiger partial charge on any atom is -0.361 e. The summed E-state index contributed by atoms with van der Waals surface area (Å²) < 4.78 is 3.53. The first-order valence-corrected chi connectivity index (χ1v) is 8.17. The van der Waals surface area contributed by atoms with E-state index in [-0.39, 0.29) is 6.04 Å². The van der Waals surface area contributed by atoms with E-state index >= 15 is 0 Å². The van der Waals surface area contributed by atoms with Gasteiger partial charge in [0.2, 0.25) is 0 Å². The van der Waals surface area contributed by atoms with Gasteiger partial charge in [0.05, 0.1) is 12.6 Å². The molecule has 0 aliphatic carbocycles. The van der Waals surface area contributed by atoms with Gasteiger partial charge < -0.3 is 5.32 Å². The molecule has 4 rings (SSSR count). The van der Waals surface area contributed by atoms with Crippen LogP contribution in [-0.4, -0.2) is 34.3 Å². The third kappa shape index (κ3) is 3.18. The van der Waals surface area contributed by atoms with Crippen LogP contribution in [-0.2, 0) is 13.0 Å². The van der Waals surface area contributed by atoms with Crippen molar-refractivity contribution in [2.75, 3.05) is 5.32 Å². The van der Waals surface area contributed by atoms with E-state index < -0.39 is 0 Å². The number of nitrogens with zero attached hydrogens (tertiary/aromatic N) is 7. The summed E-state index contributed by atoms with van der Waals surface area (Å²) in [6.45, 7) is 2.72. The van der Waals surface area contributed by atoms with Gasteiger partial charge in [-0.2, -0.15) is 19.7 Å². The van der Waals surface area contributed by atoms with Gasteiger partial charge in [-0.15, -0.1) is 0 Å². The van der Waals surface area contributed by atoms with E-state index in [9.17, 15) is 0 Å². The molecule has 0 unspecified atom stereocenters. The fraction of sp³-hybridized carbons (Fsp3) is 0.235. The Labute approximate surface area is 144 Å². The predicted octanol–water partition coefficient (Wildman–Crippen LogP) is 2.13. The Kier molecular flexibility index (Phi) is 4.07. The SMILES string of the molecule is CCc1cc(N[C@H](Cn2cncn2)c2ccccc2)n2ncnc2n1. The topological polar surface area (TPSA) is 85.8 Å². The number of aryl methyl sites for hydroxylation is 1. The molecule has 0 aliphatic heterocycles.